The average Bonchev–Trinajstić information content (AvgIpc) is 3.36. The van der Waals surface area contributed by atoms with Crippen molar-refractivity contribution < 1.29 is 0 Å². The molecule has 0 saturated carbocycles. The van der Waals surface area contributed by atoms with Crippen LogP contribution in [0.2, 0.25) is 0 Å². The lowest BCUT2D eigenvalue weighted by atomic mass is 10.00. The summed E-state index contributed by atoms with van der Waals surface area (Å²) < 4.78 is 1.89. The summed E-state index contributed by atoms with van der Waals surface area (Å²) in [6, 6.07) is 17.5. The van der Waals surface area contributed by atoms with Crippen molar-refractivity contribution >= 4 is 22.2 Å². The Balaban J connectivity index is 1.29. The molecule has 0 amide bonds. The molecule has 1 saturated heterocycles. The van der Waals surface area contributed by atoms with E-state index in [4.69, 9.17) is 4.98 Å². The van der Waals surface area contributed by atoms with Crippen molar-refractivity contribution in [3.8, 4) is 22.3 Å². The van der Waals surface area contributed by atoms with Crippen molar-refractivity contribution in [3.63, 3.8) is 0 Å². The van der Waals surface area contributed by atoms with Gasteiger partial charge in [0, 0.05) is 67.0 Å². The maximum atomic E-state index is 4.84. The van der Waals surface area contributed by atoms with Gasteiger partial charge in [0.15, 0.2) is 5.65 Å². The molecule has 0 spiro atoms. The topological polar surface area (TPSA) is 58.4 Å². The molecule has 4 heterocycles. The fraction of sp³-hybridized carbons (Fsp3) is 0.300. The average molecular weight is 477 g/mol. The number of pyridine rings is 1. The Morgan fingerprint density at radius 3 is 2.56 bits per heavy atom. The molecule has 1 fully saturated rings. The second-order valence-corrected chi connectivity index (χ2v) is 9.62. The van der Waals surface area contributed by atoms with E-state index in [1.807, 2.05) is 23.1 Å². The van der Waals surface area contributed by atoms with Gasteiger partial charge in [0.1, 0.15) is 0 Å². The zero-order valence-corrected chi connectivity index (χ0v) is 20.8. The predicted molar refractivity (Wildman–Crippen MR) is 147 cm³/mol. The van der Waals surface area contributed by atoms with Crippen LogP contribution in [0.25, 0.3) is 38.8 Å². The van der Waals surface area contributed by atoms with Gasteiger partial charge in [-0.25, -0.2) is 9.50 Å². The van der Waals surface area contributed by atoms with E-state index in [2.05, 4.69) is 82.0 Å². The molecule has 3 aromatic heterocycles. The van der Waals surface area contributed by atoms with Crippen LogP contribution in [-0.4, -0.2) is 45.8 Å². The molecule has 1 N–H and O–H groups in total. The third kappa shape index (κ3) is 4.44. The molecule has 182 valence electrons. The van der Waals surface area contributed by atoms with Crippen LogP contribution < -0.4 is 10.2 Å². The minimum atomic E-state index is 0.857. The highest BCUT2D eigenvalue weighted by molar-refractivity contribution is 5.97. The number of unbranched alkanes of at least 4 members (excludes halogenated alkanes) is 2. The molecule has 1 aliphatic rings. The Morgan fingerprint density at radius 2 is 1.72 bits per heavy atom. The molecule has 0 atom stereocenters. The molecule has 2 aromatic carbocycles. The molecular formula is C30H32N6. The quantitative estimate of drug-likeness (QED) is 0.303. The summed E-state index contributed by atoms with van der Waals surface area (Å²) >= 11 is 0. The van der Waals surface area contributed by atoms with Gasteiger partial charge in [-0.1, -0.05) is 44.0 Å². The zero-order valence-electron chi connectivity index (χ0n) is 20.8. The Bertz CT molecular complexity index is 1480. The smallest absolute Gasteiger partial charge is 0.162 e. The monoisotopic (exact) mass is 476 g/mol. The number of piperazine rings is 1. The zero-order chi connectivity index (χ0) is 24.3. The standard InChI is InChI=1S/C30H32N6/c1-2-3-4-5-22-6-11-27-26(12-13-32-29(27)18-22)28-20-34-36-21-24(19-33-30(28)36)23-7-9-25(10-8-23)35-16-14-31-15-17-35/h6-13,18-21,31H,2-5,14-17H2,1H3. The number of hydrogen-bond acceptors (Lipinski definition) is 5. The largest absolute Gasteiger partial charge is 0.369 e. The third-order valence-electron chi connectivity index (χ3n) is 7.21. The lowest BCUT2D eigenvalue weighted by Crippen LogP contribution is -2.43. The summed E-state index contributed by atoms with van der Waals surface area (Å²) in [5, 5.41) is 9.22. The molecular weight excluding hydrogens is 444 g/mol. The number of nitrogens with zero attached hydrogens (tertiary/aromatic N) is 5. The highest BCUT2D eigenvalue weighted by Gasteiger charge is 2.14. The number of benzene rings is 2. The summed E-state index contributed by atoms with van der Waals surface area (Å²) in [6.45, 7) is 6.42. The van der Waals surface area contributed by atoms with Crippen molar-refractivity contribution in [2.45, 2.75) is 32.6 Å². The fourth-order valence-corrected chi connectivity index (χ4v) is 5.16. The Hall–Kier alpha value is -3.77. The third-order valence-corrected chi connectivity index (χ3v) is 7.21. The summed E-state index contributed by atoms with van der Waals surface area (Å²) in [5.41, 5.74) is 8.86. The van der Waals surface area contributed by atoms with Crippen LogP contribution in [0.5, 0.6) is 0 Å². The van der Waals surface area contributed by atoms with Crippen molar-refractivity contribution in [1.82, 2.24) is 24.9 Å². The van der Waals surface area contributed by atoms with Crippen molar-refractivity contribution in [3.05, 3.63) is 78.9 Å². The van der Waals surface area contributed by atoms with Crippen LogP contribution in [0, 0.1) is 0 Å². The number of rotatable bonds is 7. The number of aromatic nitrogens is 4. The Labute approximate surface area is 212 Å². The molecule has 0 bridgehead atoms. The first-order chi connectivity index (χ1) is 17.8. The van der Waals surface area contributed by atoms with Gasteiger partial charge >= 0.3 is 0 Å². The van der Waals surface area contributed by atoms with Crippen molar-refractivity contribution in [1.29, 1.82) is 0 Å². The minimum absolute atomic E-state index is 0.857. The maximum Gasteiger partial charge on any atom is 0.162 e. The molecule has 6 nitrogen and oxygen atoms in total. The van der Waals surface area contributed by atoms with E-state index < -0.39 is 0 Å². The molecule has 5 aromatic rings. The molecule has 0 aliphatic carbocycles. The number of anilines is 1. The number of aryl methyl sites for hydroxylation is 1. The summed E-state index contributed by atoms with van der Waals surface area (Å²) in [4.78, 5) is 11.9. The van der Waals surface area contributed by atoms with Gasteiger partial charge in [-0.2, -0.15) is 5.10 Å². The van der Waals surface area contributed by atoms with Gasteiger partial charge in [-0.05, 0) is 53.8 Å². The molecule has 6 heteroatoms. The number of nitrogens with one attached hydrogen (secondary N) is 1. The second kappa shape index (κ2) is 10.1. The summed E-state index contributed by atoms with van der Waals surface area (Å²) in [7, 11) is 0. The van der Waals surface area contributed by atoms with Crippen LogP contribution in [-0.2, 0) is 6.42 Å². The lowest BCUT2D eigenvalue weighted by molar-refractivity contribution is 0.589. The highest BCUT2D eigenvalue weighted by atomic mass is 15.2. The van der Waals surface area contributed by atoms with Gasteiger partial charge in [0.2, 0.25) is 0 Å². The van der Waals surface area contributed by atoms with Gasteiger partial charge in [0.25, 0.3) is 0 Å². The SMILES string of the molecule is CCCCCc1ccc2c(-c3cnn4cc(-c5ccc(N6CCNCC6)cc5)cnc34)ccnc2c1. The van der Waals surface area contributed by atoms with E-state index in [1.165, 1.54) is 30.5 Å². The van der Waals surface area contributed by atoms with Crippen molar-refractivity contribution in [2.24, 2.45) is 0 Å². The lowest BCUT2D eigenvalue weighted by Gasteiger charge is -2.29. The number of hydrogen-bond donors (Lipinski definition) is 1. The molecule has 0 unspecified atom stereocenters. The molecule has 0 radical (unpaired) electrons. The van der Waals surface area contributed by atoms with Gasteiger partial charge in [0.05, 0.1) is 11.7 Å². The van der Waals surface area contributed by atoms with E-state index in [0.717, 1.165) is 71.4 Å². The fourth-order valence-electron chi connectivity index (χ4n) is 5.16. The predicted octanol–water partition coefficient (Wildman–Crippen LogP) is 5.75. The van der Waals surface area contributed by atoms with Gasteiger partial charge in [-0.3, -0.25) is 4.98 Å². The first-order valence-electron chi connectivity index (χ1n) is 13.1. The van der Waals surface area contributed by atoms with E-state index in [9.17, 15) is 0 Å². The van der Waals surface area contributed by atoms with Crippen molar-refractivity contribution in [2.75, 3.05) is 31.1 Å². The first-order valence-corrected chi connectivity index (χ1v) is 13.1. The maximum absolute atomic E-state index is 4.84. The highest BCUT2D eigenvalue weighted by Crippen LogP contribution is 2.31. The molecule has 36 heavy (non-hydrogen) atoms. The van der Waals surface area contributed by atoms with Crippen LogP contribution >= 0.6 is 0 Å². The minimum Gasteiger partial charge on any atom is -0.369 e. The Kier molecular flexibility index (Phi) is 6.35. The van der Waals surface area contributed by atoms with Crippen LogP contribution in [0.1, 0.15) is 31.7 Å². The van der Waals surface area contributed by atoms with Gasteiger partial charge in [-0.15, -0.1) is 0 Å². The molecule has 1 aliphatic heterocycles. The second-order valence-electron chi connectivity index (χ2n) is 9.62. The van der Waals surface area contributed by atoms with Gasteiger partial charge < -0.3 is 10.2 Å². The van der Waals surface area contributed by atoms with Crippen LogP contribution in [0.4, 0.5) is 5.69 Å². The Morgan fingerprint density at radius 1 is 0.861 bits per heavy atom. The van der Waals surface area contributed by atoms with E-state index in [0.29, 0.717) is 0 Å². The van der Waals surface area contributed by atoms with Crippen LogP contribution in [0.15, 0.2) is 73.3 Å². The van der Waals surface area contributed by atoms with E-state index in [1.54, 1.807) is 0 Å². The summed E-state index contributed by atoms with van der Waals surface area (Å²) in [6.07, 6.45) is 12.7. The van der Waals surface area contributed by atoms with Crippen LogP contribution in [0.3, 0.4) is 0 Å². The summed E-state index contributed by atoms with van der Waals surface area (Å²) in [5.74, 6) is 0. The normalized spacial score (nSPS) is 14.1. The molecule has 6 rings (SSSR count). The van der Waals surface area contributed by atoms with E-state index in [-0.39, 0.29) is 0 Å². The number of fused-ring (bicyclic) bond motifs is 2. The first kappa shape index (κ1) is 22.7. The van der Waals surface area contributed by atoms with E-state index >= 15 is 0 Å².